The van der Waals surface area contributed by atoms with Crippen LogP contribution in [-0.4, -0.2) is 19.4 Å². The Morgan fingerprint density at radius 1 is 1.67 bits per heavy atom. The molecule has 0 saturated carbocycles. The molecule has 0 aliphatic carbocycles. The van der Waals surface area contributed by atoms with Crippen molar-refractivity contribution in [3.8, 4) is 0 Å². The van der Waals surface area contributed by atoms with Crippen LogP contribution >= 0.6 is 39.5 Å². The van der Waals surface area contributed by atoms with Crippen molar-refractivity contribution in [3.63, 3.8) is 0 Å². The Kier molecular flexibility index (Phi) is 4.24. The molecule has 0 aliphatic rings. The highest BCUT2D eigenvalue weighted by Crippen LogP contribution is 2.25. The summed E-state index contributed by atoms with van der Waals surface area (Å²) >= 11 is 9.01. The van der Waals surface area contributed by atoms with Gasteiger partial charge in [0.15, 0.2) is 0 Å². The zero-order chi connectivity index (χ0) is 11.6. The van der Waals surface area contributed by atoms with Crippen LogP contribution in [0.15, 0.2) is 20.1 Å². The Labute approximate surface area is 106 Å². The van der Waals surface area contributed by atoms with Crippen molar-refractivity contribution < 1.29 is 8.42 Å². The lowest BCUT2D eigenvalue weighted by atomic mass is 10.4. The van der Waals surface area contributed by atoms with E-state index >= 15 is 0 Å². The van der Waals surface area contributed by atoms with Crippen LogP contribution in [0.3, 0.4) is 0 Å². The molecule has 0 bridgehead atoms. The van der Waals surface area contributed by atoms with E-state index in [9.17, 15) is 8.42 Å². The smallest absolute Gasteiger partial charge is 0.250 e. The average Bonchev–Trinajstić information content (AvgIpc) is 2.51. The molecule has 0 radical (unpaired) electrons. The number of thiocarbonyl (C=S) groups is 1. The molecule has 3 N–H and O–H groups in total. The molecule has 0 fully saturated rings. The van der Waals surface area contributed by atoms with Gasteiger partial charge in [-0.15, -0.1) is 11.3 Å². The normalized spacial score (nSPS) is 13.7. The predicted molar refractivity (Wildman–Crippen MR) is 68.6 cm³/mol. The molecule has 1 aromatic heterocycles. The van der Waals surface area contributed by atoms with Crippen molar-refractivity contribution in [1.82, 2.24) is 4.72 Å². The second kappa shape index (κ2) is 4.88. The first-order valence-corrected chi connectivity index (χ1v) is 7.40. The van der Waals surface area contributed by atoms with E-state index in [2.05, 4.69) is 32.9 Å². The fraction of sp³-hybridized carbons (Fsp3) is 0.286. The minimum Gasteiger partial charge on any atom is -0.392 e. The Morgan fingerprint density at radius 3 is 2.67 bits per heavy atom. The highest BCUT2D eigenvalue weighted by Gasteiger charge is 2.20. The second-order valence-electron chi connectivity index (χ2n) is 2.80. The Bertz CT molecular complexity index is 468. The van der Waals surface area contributed by atoms with Crippen LogP contribution in [0.25, 0.3) is 0 Å². The summed E-state index contributed by atoms with van der Waals surface area (Å²) in [6.45, 7) is 1.60. The molecular formula is C7H9BrN2O2S3. The Morgan fingerprint density at radius 2 is 2.27 bits per heavy atom. The summed E-state index contributed by atoms with van der Waals surface area (Å²) in [5.41, 5.74) is 5.33. The Balaban J connectivity index is 2.90. The van der Waals surface area contributed by atoms with E-state index in [1.165, 1.54) is 6.07 Å². The van der Waals surface area contributed by atoms with Crippen molar-refractivity contribution in [3.05, 3.63) is 15.9 Å². The van der Waals surface area contributed by atoms with Crippen LogP contribution in [-0.2, 0) is 10.0 Å². The zero-order valence-electron chi connectivity index (χ0n) is 7.73. The molecule has 1 heterocycles. The van der Waals surface area contributed by atoms with Gasteiger partial charge in [-0.2, -0.15) is 0 Å². The van der Waals surface area contributed by atoms with Crippen molar-refractivity contribution in [2.24, 2.45) is 5.73 Å². The van der Waals surface area contributed by atoms with Gasteiger partial charge in [0.25, 0.3) is 10.0 Å². The first-order chi connectivity index (χ1) is 6.83. The number of hydrogen-bond acceptors (Lipinski definition) is 4. The van der Waals surface area contributed by atoms with E-state index in [0.29, 0.717) is 0 Å². The number of nitrogens with two attached hydrogens (primary N) is 1. The van der Waals surface area contributed by atoms with Gasteiger partial charge in [0.1, 0.15) is 4.21 Å². The van der Waals surface area contributed by atoms with Crippen molar-refractivity contribution in [1.29, 1.82) is 0 Å². The quantitative estimate of drug-likeness (QED) is 0.821. The van der Waals surface area contributed by atoms with Gasteiger partial charge in [-0.25, -0.2) is 13.1 Å². The van der Waals surface area contributed by atoms with Gasteiger partial charge >= 0.3 is 0 Å². The number of sulfonamides is 1. The van der Waals surface area contributed by atoms with Crippen molar-refractivity contribution >= 4 is 54.5 Å². The standard InChI is InChI=1S/C7H9BrN2O2S3/c1-4(7(9)13)10-15(11,12)6-3-2-5(8)14-6/h2-4,10H,1H3,(H2,9,13). The first-order valence-electron chi connectivity index (χ1n) is 3.90. The van der Waals surface area contributed by atoms with E-state index in [1.807, 2.05) is 0 Å². The molecule has 0 spiro atoms. The zero-order valence-corrected chi connectivity index (χ0v) is 11.8. The van der Waals surface area contributed by atoms with Crippen LogP contribution in [0.2, 0.25) is 0 Å². The van der Waals surface area contributed by atoms with Crippen LogP contribution in [0.1, 0.15) is 6.92 Å². The van der Waals surface area contributed by atoms with Crippen LogP contribution < -0.4 is 10.5 Å². The van der Waals surface area contributed by atoms with Crippen LogP contribution in [0.5, 0.6) is 0 Å². The lowest BCUT2D eigenvalue weighted by molar-refractivity contribution is 0.581. The average molecular weight is 329 g/mol. The maximum absolute atomic E-state index is 11.7. The van der Waals surface area contributed by atoms with Gasteiger partial charge < -0.3 is 5.73 Å². The highest BCUT2D eigenvalue weighted by atomic mass is 79.9. The van der Waals surface area contributed by atoms with Gasteiger partial charge in [0.05, 0.1) is 14.8 Å². The third-order valence-electron chi connectivity index (χ3n) is 1.57. The minimum absolute atomic E-state index is 0.120. The van der Waals surface area contributed by atoms with Gasteiger partial charge in [0.2, 0.25) is 0 Å². The lowest BCUT2D eigenvalue weighted by Gasteiger charge is -2.10. The van der Waals surface area contributed by atoms with Crippen LogP contribution in [0.4, 0.5) is 0 Å². The van der Waals surface area contributed by atoms with Gasteiger partial charge in [-0.3, -0.25) is 0 Å². The first kappa shape index (κ1) is 13.0. The fourth-order valence-corrected chi connectivity index (χ4v) is 4.17. The molecular weight excluding hydrogens is 320 g/mol. The summed E-state index contributed by atoms with van der Waals surface area (Å²) in [5.74, 6) is 0. The van der Waals surface area contributed by atoms with Crippen molar-refractivity contribution in [2.75, 3.05) is 0 Å². The summed E-state index contributed by atoms with van der Waals surface area (Å²) < 4.78 is 26.8. The Hall–Kier alpha value is -0.0200. The summed E-state index contributed by atoms with van der Waals surface area (Å²) in [6.07, 6.45) is 0. The third-order valence-corrected chi connectivity index (χ3v) is 5.58. The topological polar surface area (TPSA) is 72.2 Å². The summed E-state index contributed by atoms with van der Waals surface area (Å²) in [4.78, 5) is 0.120. The molecule has 4 nitrogen and oxygen atoms in total. The number of nitrogens with one attached hydrogen (secondary N) is 1. The van der Waals surface area contributed by atoms with Gasteiger partial charge in [0, 0.05) is 0 Å². The number of rotatable bonds is 4. The number of hydrogen-bond donors (Lipinski definition) is 2. The minimum atomic E-state index is -3.51. The molecule has 1 unspecified atom stereocenters. The summed E-state index contributed by atoms with van der Waals surface area (Å²) in [7, 11) is -3.51. The maximum Gasteiger partial charge on any atom is 0.250 e. The molecule has 84 valence electrons. The van der Waals surface area contributed by atoms with E-state index < -0.39 is 16.1 Å². The van der Waals surface area contributed by atoms with E-state index in [4.69, 9.17) is 5.73 Å². The molecule has 1 atom stereocenters. The molecule has 8 heteroatoms. The molecule has 0 aromatic carbocycles. The van der Waals surface area contributed by atoms with Gasteiger partial charge in [-0.05, 0) is 35.0 Å². The largest absolute Gasteiger partial charge is 0.392 e. The molecule has 0 amide bonds. The van der Waals surface area contributed by atoms with E-state index in [0.717, 1.165) is 15.1 Å². The molecule has 1 rings (SSSR count). The number of halogens is 1. The van der Waals surface area contributed by atoms with E-state index in [1.54, 1.807) is 13.0 Å². The monoisotopic (exact) mass is 328 g/mol. The van der Waals surface area contributed by atoms with E-state index in [-0.39, 0.29) is 9.20 Å². The SMILES string of the molecule is CC(NS(=O)(=O)c1ccc(Br)s1)C(N)=S. The van der Waals surface area contributed by atoms with Gasteiger partial charge in [-0.1, -0.05) is 12.2 Å². The van der Waals surface area contributed by atoms with Crippen LogP contribution in [0, 0.1) is 0 Å². The molecule has 1 aromatic rings. The summed E-state index contributed by atoms with van der Waals surface area (Å²) in [6, 6.07) is 2.64. The molecule has 0 aliphatic heterocycles. The lowest BCUT2D eigenvalue weighted by Crippen LogP contribution is -2.40. The fourth-order valence-electron chi connectivity index (χ4n) is 0.791. The highest BCUT2D eigenvalue weighted by molar-refractivity contribution is 9.11. The van der Waals surface area contributed by atoms with Crippen molar-refractivity contribution in [2.45, 2.75) is 17.2 Å². The second-order valence-corrected chi connectivity index (χ2v) is 7.68. The third kappa shape index (κ3) is 3.49. The maximum atomic E-state index is 11.7. The number of thiophene rings is 1. The molecule has 0 saturated heterocycles. The predicted octanol–water partition coefficient (Wildman–Crippen LogP) is 1.46. The molecule has 15 heavy (non-hydrogen) atoms. The summed E-state index contributed by atoms with van der Waals surface area (Å²) in [5, 5.41) is 0.